The molecule has 6 heteroatoms. The molecule has 0 rings (SSSR count). The molecule has 0 aliphatic heterocycles. The van der Waals surface area contributed by atoms with E-state index in [9.17, 15) is 9.59 Å². The van der Waals surface area contributed by atoms with E-state index in [2.05, 4.69) is 9.47 Å². The van der Waals surface area contributed by atoms with E-state index >= 15 is 0 Å². The van der Waals surface area contributed by atoms with Gasteiger partial charge in [-0.3, -0.25) is 9.59 Å². The van der Waals surface area contributed by atoms with Gasteiger partial charge in [-0.1, -0.05) is 0 Å². The number of hydrogen-bond donors (Lipinski definition) is 0. The van der Waals surface area contributed by atoms with Gasteiger partial charge in [-0.15, -0.1) is 0 Å². The molecule has 0 spiro atoms. The van der Waals surface area contributed by atoms with Gasteiger partial charge in [0.05, 0.1) is 13.2 Å². The number of esters is 2. The maximum atomic E-state index is 10.6. The van der Waals surface area contributed by atoms with Crippen molar-refractivity contribution in [2.45, 2.75) is 20.3 Å². The second-order valence-electron chi connectivity index (χ2n) is 1.79. The summed E-state index contributed by atoms with van der Waals surface area (Å²) in [5, 5.41) is 0. The van der Waals surface area contributed by atoms with Crippen LogP contribution in [-0.2, 0) is 19.1 Å². The molecule has 0 aliphatic carbocycles. The molecule has 0 aromatic heterocycles. The first kappa shape index (κ1) is 19.1. The van der Waals surface area contributed by atoms with Gasteiger partial charge in [-0.2, -0.15) is 0 Å². The number of ether oxygens (including phenoxy) is 2. The van der Waals surface area contributed by atoms with Crippen LogP contribution in [0.25, 0.3) is 0 Å². The Morgan fingerprint density at radius 2 is 1.31 bits per heavy atom. The topological polar surface area (TPSA) is 52.6 Å². The van der Waals surface area contributed by atoms with E-state index in [0.717, 1.165) is 0 Å². The van der Waals surface area contributed by atoms with Crippen molar-refractivity contribution in [2.24, 2.45) is 0 Å². The minimum absolute atomic E-state index is 0. The van der Waals surface area contributed by atoms with Crippen LogP contribution in [0.2, 0.25) is 0 Å². The molecule has 0 aromatic carbocycles. The van der Waals surface area contributed by atoms with Crippen LogP contribution in [0.3, 0.4) is 0 Å². The van der Waals surface area contributed by atoms with Crippen molar-refractivity contribution in [2.75, 3.05) is 13.2 Å². The Labute approximate surface area is 116 Å². The number of carbonyl (C=O) groups excluding carboxylic acids is 2. The Balaban J connectivity index is -0.0000000333. The van der Waals surface area contributed by atoms with Crippen LogP contribution in [0, 0.1) is 0 Å². The summed E-state index contributed by atoms with van der Waals surface area (Å²) < 4.78 is 9.04. The molecule has 72 valence electrons. The van der Waals surface area contributed by atoms with Gasteiger partial charge in [0.2, 0.25) is 0 Å². The summed E-state index contributed by atoms with van der Waals surface area (Å²) in [6.07, 6.45) is -0.290. The standard InChI is InChI=1S/C7H12O4.2Mg.4H/c1-3-10-6(8)5-7(9)11-4-2;;;;;;/h3-5H2,1-2H3;;;;;;/q;2*+2;4*-1. The molecule has 0 saturated carbocycles. The van der Waals surface area contributed by atoms with Crippen molar-refractivity contribution < 1.29 is 24.8 Å². The number of rotatable bonds is 4. The Kier molecular flexibility index (Phi) is 18.3. The van der Waals surface area contributed by atoms with Gasteiger partial charge in [-0.25, -0.2) is 0 Å². The van der Waals surface area contributed by atoms with Crippen molar-refractivity contribution in [3.8, 4) is 0 Å². The summed E-state index contributed by atoms with van der Waals surface area (Å²) in [7, 11) is 0. The number of carbonyl (C=O) groups is 2. The molecule has 0 amide bonds. The minimum atomic E-state index is -0.536. The Morgan fingerprint density at radius 3 is 1.54 bits per heavy atom. The first-order chi connectivity index (χ1) is 5.20. The van der Waals surface area contributed by atoms with Gasteiger partial charge < -0.3 is 15.2 Å². The molecule has 4 nitrogen and oxygen atoms in total. The maximum absolute atomic E-state index is 10.6. The first-order valence-corrected chi connectivity index (χ1v) is 3.52. The number of hydrogen-bond acceptors (Lipinski definition) is 4. The summed E-state index contributed by atoms with van der Waals surface area (Å²) in [6, 6.07) is 0. The largest absolute Gasteiger partial charge is 2.00 e. The summed E-state index contributed by atoms with van der Waals surface area (Å²) in [5.74, 6) is -1.07. The summed E-state index contributed by atoms with van der Waals surface area (Å²) in [6.45, 7) is 3.95. The molecule has 0 radical (unpaired) electrons. The van der Waals surface area contributed by atoms with E-state index in [-0.39, 0.29) is 71.4 Å². The molecule has 0 unspecified atom stereocenters. The third-order valence-corrected chi connectivity index (χ3v) is 0.899. The third-order valence-electron chi connectivity index (χ3n) is 0.899. The van der Waals surface area contributed by atoms with Crippen LogP contribution in [-0.4, -0.2) is 71.3 Å². The maximum Gasteiger partial charge on any atom is 2.00 e. The fraction of sp³-hybridized carbons (Fsp3) is 0.714. The average Bonchev–Trinajstić information content (AvgIpc) is 1.87. The van der Waals surface area contributed by atoms with E-state index in [0.29, 0.717) is 0 Å². The molecule has 0 aromatic rings. The van der Waals surface area contributed by atoms with E-state index < -0.39 is 11.9 Å². The smallest absolute Gasteiger partial charge is 1.00 e. The van der Waals surface area contributed by atoms with Crippen LogP contribution < -0.4 is 0 Å². The first-order valence-electron chi connectivity index (χ1n) is 3.52. The van der Waals surface area contributed by atoms with Crippen LogP contribution in [0.4, 0.5) is 0 Å². The molecule has 0 heterocycles. The molecule has 0 bridgehead atoms. The molecule has 0 aliphatic rings. The average molecular weight is 213 g/mol. The van der Waals surface area contributed by atoms with Crippen LogP contribution in [0.15, 0.2) is 0 Å². The van der Waals surface area contributed by atoms with Crippen molar-refractivity contribution in [3.63, 3.8) is 0 Å². The van der Waals surface area contributed by atoms with Gasteiger partial charge in [0.25, 0.3) is 0 Å². The quantitative estimate of drug-likeness (QED) is 0.380. The zero-order valence-corrected chi connectivity index (χ0v) is 11.0. The Morgan fingerprint density at radius 1 is 1.00 bits per heavy atom. The van der Waals surface area contributed by atoms with Crippen molar-refractivity contribution in [1.29, 1.82) is 0 Å². The molecule has 0 fully saturated rings. The molecular formula is C7H16Mg2O4. The second-order valence-corrected chi connectivity index (χ2v) is 1.79. The molecule has 0 N–H and O–H groups in total. The van der Waals surface area contributed by atoms with Crippen molar-refractivity contribution in [1.82, 2.24) is 0 Å². The predicted octanol–water partition coefficient (Wildman–Crippen LogP) is 0.191. The van der Waals surface area contributed by atoms with Gasteiger partial charge in [0, 0.05) is 0 Å². The van der Waals surface area contributed by atoms with Crippen LogP contribution >= 0.6 is 0 Å². The molecule has 13 heavy (non-hydrogen) atoms. The monoisotopic (exact) mass is 212 g/mol. The second kappa shape index (κ2) is 12.5. The summed E-state index contributed by atoms with van der Waals surface area (Å²) in [4.78, 5) is 21.2. The Bertz CT molecular complexity index is 147. The van der Waals surface area contributed by atoms with E-state index in [1.807, 2.05) is 0 Å². The third kappa shape index (κ3) is 12.5. The van der Waals surface area contributed by atoms with Gasteiger partial charge in [0.1, 0.15) is 6.42 Å². The van der Waals surface area contributed by atoms with E-state index in [4.69, 9.17) is 0 Å². The Hall–Kier alpha value is 0.472. The molecule has 0 saturated heterocycles. The molecule has 0 atom stereocenters. The molecular weight excluding hydrogens is 197 g/mol. The van der Waals surface area contributed by atoms with Gasteiger partial charge in [0.15, 0.2) is 0 Å². The fourth-order valence-electron chi connectivity index (χ4n) is 0.542. The normalized spacial score (nSPS) is 7.54. The van der Waals surface area contributed by atoms with Crippen molar-refractivity contribution in [3.05, 3.63) is 0 Å². The zero-order chi connectivity index (χ0) is 8.69. The van der Waals surface area contributed by atoms with Crippen molar-refractivity contribution >= 4 is 58.0 Å². The van der Waals surface area contributed by atoms with Gasteiger partial charge in [-0.05, 0) is 13.8 Å². The van der Waals surface area contributed by atoms with Crippen LogP contribution in [0.1, 0.15) is 26.0 Å². The predicted molar refractivity (Wildman–Crippen MR) is 53.8 cm³/mol. The zero-order valence-electron chi connectivity index (χ0n) is 12.2. The SMILES string of the molecule is CCOC(=O)CC(=O)OCC.[H-].[H-].[H-].[H-].[Mg+2].[Mg+2]. The van der Waals surface area contributed by atoms with E-state index in [1.165, 1.54) is 0 Å². The van der Waals surface area contributed by atoms with E-state index in [1.54, 1.807) is 13.8 Å². The summed E-state index contributed by atoms with van der Waals surface area (Å²) >= 11 is 0. The van der Waals surface area contributed by atoms with Crippen LogP contribution in [0.5, 0.6) is 0 Å². The van der Waals surface area contributed by atoms with Gasteiger partial charge >= 0.3 is 58.0 Å². The summed E-state index contributed by atoms with van der Waals surface area (Å²) in [5.41, 5.74) is 0. The minimum Gasteiger partial charge on any atom is -1.00 e. The fourth-order valence-corrected chi connectivity index (χ4v) is 0.542.